The number of nitrogens with zero attached hydrogens (tertiary/aromatic N) is 1. The number of nitrogens with one attached hydrogen (secondary N) is 3. The van der Waals surface area contributed by atoms with Crippen LogP contribution in [0.1, 0.15) is 43.8 Å². The molecule has 0 aromatic heterocycles. The second kappa shape index (κ2) is 15.3. The van der Waals surface area contributed by atoms with Crippen LogP contribution in [-0.4, -0.2) is 83.2 Å². The van der Waals surface area contributed by atoms with E-state index in [0.717, 1.165) is 50.9 Å². The van der Waals surface area contributed by atoms with Crippen molar-refractivity contribution in [2.24, 2.45) is 11.8 Å². The minimum atomic E-state index is -0.540. The van der Waals surface area contributed by atoms with Crippen LogP contribution in [0.25, 0.3) is 0 Å². The van der Waals surface area contributed by atoms with E-state index >= 15 is 0 Å². The summed E-state index contributed by atoms with van der Waals surface area (Å²) < 4.78 is 30.2. The normalized spacial score (nSPS) is 21.7. The Hall–Kier alpha value is -2.14. The van der Waals surface area contributed by atoms with E-state index in [1.165, 1.54) is 13.2 Å². The summed E-state index contributed by atoms with van der Waals surface area (Å²) in [6, 6.07) is 4.48. The Morgan fingerprint density at radius 2 is 2.14 bits per heavy atom. The number of carbonyl (C=O) groups is 2. The molecule has 2 heterocycles. The summed E-state index contributed by atoms with van der Waals surface area (Å²) in [7, 11) is 3.18. The number of hydrogen-bond donors (Lipinski definition) is 3. The number of halogens is 2. The van der Waals surface area contributed by atoms with Crippen molar-refractivity contribution in [1.29, 1.82) is 0 Å². The van der Waals surface area contributed by atoms with Gasteiger partial charge >= 0.3 is 12.1 Å². The third kappa shape index (κ3) is 9.28. The SMILES string of the molecule is CNC[C@H](C[C@H]1CCCOC1)NC(=O)N1CCC[C@@H]([C@@H](OCCNC(=O)OC)c2ccc(F)c(Cl)c2)C1. The quantitative estimate of drug-likeness (QED) is 0.368. The maximum Gasteiger partial charge on any atom is 0.406 e. The molecule has 1 aromatic rings. The van der Waals surface area contributed by atoms with Crippen LogP contribution in [0.3, 0.4) is 0 Å². The van der Waals surface area contributed by atoms with Gasteiger partial charge in [0.15, 0.2) is 0 Å². The summed E-state index contributed by atoms with van der Waals surface area (Å²) >= 11 is 6.07. The smallest absolute Gasteiger partial charge is 0.406 e. The first-order chi connectivity index (χ1) is 17.9. The number of hydrogen-bond acceptors (Lipinski definition) is 6. The highest BCUT2D eigenvalue weighted by Gasteiger charge is 2.32. The second-order valence-electron chi connectivity index (χ2n) is 9.75. The van der Waals surface area contributed by atoms with Crippen LogP contribution in [-0.2, 0) is 14.2 Å². The van der Waals surface area contributed by atoms with Gasteiger partial charge in [0.05, 0.1) is 24.8 Å². The van der Waals surface area contributed by atoms with Gasteiger partial charge in [0.2, 0.25) is 0 Å². The molecule has 9 nitrogen and oxygen atoms in total. The monoisotopic (exact) mass is 542 g/mol. The lowest BCUT2D eigenvalue weighted by molar-refractivity contribution is -0.00876. The number of benzene rings is 1. The lowest BCUT2D eigenvalue weighted by atomic mass is 9.88. The molecule has 208 valence electrons. The van der Waals surface area contributed by atoms with Gasteiger partial charge in [0.25, 0.3) is 0 Å². The predicted octanol–water partition coefficient (Wildman–Crippen LogP) is 3.72. The second-order valence-corrected chi connectivity index (χ2v) is 10.2. The first-order valence-corrected chi connectivity index (χ1v) is 13.4. The third-order valence-electron chi connectivity index (χ3n) is 6.95. The maximum absolute atomic E-state index is 13.9. The Balaban J connectivity index is 1.64. The van der Waals surface area contributed by atoms with Crippen LogP contribution in [0, 0.1) is 17.7 Å². The van der Waals surface area contributed by atoms with Crippen LogP contribution >= 0.6 is 11.6 Å². The molecule has 0 bridgehead atoms. The highest BCUT2D eigenvalue weighted by atomic mass is 35.5. The number of rotatable bonds is 11. The van der Waals surface area contributed by atoms with Gasteiger partial charge in [-0.1, -0.05) is 17.7 Å². The van der Waals surface area contributed by atoms with Crippen LogP contribution in [0.4, 0.5) is 14.0 Å². The van der Waals surface area contributed by atoms with E-state index in [9.17, 15) is 14.0 Å². The van der Waals surface area contributed by atoms with Crippen molar-refractivity contribution in [2.45, 2.75) is 44.2 Å². The Labute approximate surface area is 223 Å². The van der Waals surface area contributed by atoms with Gasteiger partial charge in [-0.05, 0) is 62.8 Å². The van der Waals surface area contributed by atoms with Gasteiger partial charge in [-0.25, -0.2) is 14.0 Å². The molecule has 4 atom stereocenters. The first-order valence-electron chi connectivity index (χ1n) is 13.1. The lowest BCUT2D eigenvalue weighted by Crippen LogP contribution is -2.52. The van der Waals surface area contributed by atoms with Crippen LogP contribution < -0.4 is 16.0 Å². The fourth-order valence-electron chi connectivity index (χ4n) is 5.15. The third-order valence-corrected chi connectivity index (χ3v) is 7.24. The van der Waals surface area contributed by atoms with E-state index in [2.05, 4.69) is 20.7 Å². The minimum absolute atomic E-state index is 0.0110. The van der Waals surface area contributed by atoms with Crippen molar-refractivity contribution in [2.75, 3.05) is 60.2 Å². The number of alkyl carbamates (subject to hydrolysis) is 1. The number of likely N-dealkylation sites (tertiary alicyclic amines) is 1. The summed E-state index contributed by atoms with van der Waals surface area (Å²) in [5.74, 6) is -0.0742. The minimum Gasteiger partial charge on any atom is -0.453 e. The van der Waals surface area contributed by atoms with E-state index in [4.69, 9.17) is 21.1 Å². The Bertz CT molecular complexity index is 873. The first kappa shape index (κ1) is 29.4. The van der Waals surface area contributed by atoms with Crippen molar-refractivity contribution in [3.05, 3.63) is 34.6 Å². The molecule has 37 heavy (non-hydrogen) atoms. The van der Waals surface area contributed by atoms with Crippen molar-refractivity contribution in [3.63, 3.8) is 0 Å². The zero-order valence-corrected chi connectivity index (χ0v) is 22.5. The number of urea groups is 1. The zero-order valence-electron chi connectivity index (χ0n) is 21.8. The summed E-state index contributed by atoms with van der Waals surface area (Å²) in [5, 5.41) is 9.02. The molecule has 0 aliphatic carbocycles. The number of likely N-dealkylation sites (N-methyl/N-ethyl adjacent to an activating group) is 1. The van der Waals surface area contributed by atoms with Gasteiger partial charge in [-0.2, -0.15) is 0 Å². The van der Waals surface area contributed by atoms with E-state index < -0.39 is 18.0 Å². The Kier molecular flexibility index (Phi) is 12.2. The van der Waals surface area contributed by atoms with Gasteiger partial charge in [-0.3, -0.25) is 0 Å². The molecule has 0 saturated carbocycles. The van der Waals surface area contributed by atoms with E-state index in [0.29, 0.717) is 25.6 Å². The molecule has 1 aromatic carbocycles. The average Bonchev–Trinajstić information content (AvgIpc) is 2.91. The van der Waals surface area contributed by atoms with Crippen LogP contribution in [0.5, 0.6) is 0 Å². The van der Waals surface area contributed by atoms with E-state index in [-0.39, 0.29) is 36.2 Å². The number of ether oxygens (including phenoxy) is 3. The largest absolute Gasteiger partial charge is 0.453 e. The summed E-state index contributed by atoms with van der Waals surface area (Å²) in [6.07, 6.45) is 3.75. The molecule has 2 saturated heterocycles. The molecule has 3 amide bonds. The zero-order chi connectivity index (χ0) is 26.6. The summed E-state index contributed by atoms with van der Waals surface area (Å²) in [4.78, 5) is 26.5. The van der Waals surface area contributed by atoms with Crippen molar-refractivity contribution >= 4 is 23.7 Å². The number of amides is 3. The summed E-state index contributed by atoms with van der Waals surface area (Å²) in [5.41, 5.74) is 0.738. The van der Waals surface area contributed by atoms with E-state index in [1.807, 2.05) is 11.9 Å². The number of methoxy groups -OCH3 is 1. The fraction of sp³-hybridized carbons (Fsp3) is 0.692. The molecule has 0 radical (unpaired) electrons. The number of carbonyl (C=O) groups excluding carboxylic acids is 2. The van der Waals surface area contributed by atoms with Crippen LogP contribution in [0.15, 0.2) is 18.2 Å². The maximum atomic E-state index is 13.9. The average molecular weight is 543 g/mol. The molecular weight excluding hydrogens is 503 g/mol. The molecule has 2 aliphatic heterocycles. The molecule has 11 heteroatoms. The van der Waals surface area contributed by atoms with Crippen molar-refractivity contribution in [3.8, 4) is 0 Å². The van der Waals surface area contributed by atoms with Gasteiger partial charge < -0.3 is 35.1 Å². The molecule has 0 unspecified atom stereocenters. The van der Waals surface area contributed by atoms with E-state index in [1.54, 1.807) is 12.1 Å². The highest BCUT2D eigenvalue weighted by Crippen LogP contribution is 2.34. The topological polar surface area (TPSA) is 101 Å². The van der Waals surface area contributed by atoms with Crippen LogP contribution in [0.2, 0.25) is 5.02 Å². The molecule has 2 fully saturated rings. The molecule has 3 N–H and O–H groups in total. The molecule has 2 aliphatic rings. The standard InChI is InChI=1S/C26H40ClFN4O5/c1-29-15-21(13-18-5-4-11-36-17-18)31-25(33)32-10-3-6-20(16-32)24(37-12-9-30-26(34)35-2)19-7-8-23(28)22(27)14-19/h7-8,14,18,20-21,24,29H,3-6,9-13,15-17H2,1-2H3,(H,30,34)(H,31,33)/t18-,20-,21+,24+/m1/s1. The Morgan fingerprint density at radius 3 is 2.84 bits per heavy atom. The Morgan fingerprint density at radius 1 is 1.30 bits per heavy atom. The molecule has 0 spiro atoms. The van der Waals surface area contributed by atoms with Gasteiger partial charge in [0.1, 0.15) is 5.82 Å². The predicted molar refractivity (Wildman–Crippen MR) is 139 cm³/mol. The molecular formula is C26H40ClFN4O5. The highest BCUT2D eigenvalue weighted by molar-refractivity contribution is 6.30. The summed E-state index contributed by atoms with van der Waals surface area (Å²) in [6.45, 7) is 3.88. The fourth-order valence-corrected chi connectivity index (χ4v) is 5.34. The van der Waals surface area contributed by atoms with Crippen molar-refractivity contribution in [1.82, 2.24) is 20.9 Å². The number of piperidine rings is 1. The molecule has 3 rings (SSSR count). The van der Waals surface area contributed by atoms with Gasteiger partial charge in [-0.15, -0.1) is 0 Å². The van der Waals surface area contributed by atoms with Crippen molar-refractivity contribution < 1.29 is 28.2 Å². The van der Waals surface area contributed by atoms with Gasteiger partial charge in [0, 0.05) is 51.4 Å². The lowest BCUT2D eigenvalue weighted by Gasteiger charge is -2.38.